The van der Waals surface area contributed by atoms with Crippen LogP contribution in [0.2, 0.25) is 0 Å². The Balaban J connectivity index is 1.66. The van der Waals surface area contributed by atoms with E-state index in [0.29, 0.717) is 17.1 Å². The molecule has 124 valence electrons. The van der Waals surface area contributed by atoms with Crippen LogP contribution in [0.1, 0.15) is 54.3 Å². The Morgan fingerprint density at radius 1 is 1.21 bits per heavy atom. The summed E-state index contributed by atoms with van der Waals surface area (Å²) in [6.07, 6.45) is 8.75. The highest BCUT2D eigenvalue weighted by Gasteiger charge is 2.33. The molecular formula is C18H20N4O2. The molecule has 0 radical (unpaired) electrons. The first-order valence-corrected chi connectivity index (χ1v) is 8.48. The second-order valence-electron chi connectivity index (χ2n) is 6.43. The van der Waals surface area contributed by atoms with Crippen LogP contribution in [0.15, 0.2) is 36.7 Å². The highest BCUT2D eigenvalue weighted by atomic mass is 16.2. The third-order valence-corrected chi connectivity index (χ3v) is 4.82. The fourth-order valence-electron chi connectivity index (χ4n) is 3.56. The molecule has 1 amide bonds. The van der Waals surface area contributed by atoms with Crippen LogP contribution in [0, 0.1) is 0 Å². The first kappa shape index (κ1) is 14.9. The van der Waals surface area contributed by atoms with Crippen LogP contribution in [0.3, 0.4) is 0 Å². The van der Waals surface area contributed by atoms with E-state index in [4.69, 9.17) is 0 Å². The first-order chi connectivity index (χ1) is 11.7. The normalized spacial score (nSPS) is 20.5. The van der Waals surface area contributed by atoms with Crippen LogP contribution >= 0.6 is 0 Å². The molecule has 2 heterocycles. The number of hydrogen-bond donors (Lipinski definition) is 2. The SMILES string of the molecule is O=C(NC1CCCCC1)C1Nc2ccccc2C(=O)n2ccnc21. The van der Waals surface area contributed by atoms with E-state index in [0.717, 1.165) is 25.7 Å². The van der Waals surface area contributed by atoms with Gasteiger partial charge < -0.3 is 10.6 Å². The van der Waals surface area contributed by atoms with Crippen LogP contribution < -0.4 is 10.6 Å². The molecular weight excluding hydrogens is 304 g/mol. The zero-order chi connectivity index (χ0) is 16.5. The lowest BCUT2D eigenvalue weighted by Gasteiger charge is -2.25. The van der Waals surface area contributed by atoms with Gasteiger partial charge in [0.05, 0.1) is 5.56 Å². The Hall–Kier alpha value is -2.63. The molecule has 6 heteroatoms. The molecule has 2 N–H and O–H groups in total. The van der Waals surface area contributed by atoms with Crippen LogP contribution in [-0.4, -0.2) is 27.4 Å². The number of rotatable bonds is 2. The second-order valence-corrected chi connectivity index (χ2v) is 6.43. The minimum absolute atomic E-state index is 0.126. The summed E-state index contributed by atoms with van der Waals surface area (Å²) in [5, 5.41) is 6.33. The Labute approximate surface area is 140 Å². The third-order valence-electron chi connectivity index (χ3n) is 4.82. The van der Waals surface area contributed by atoms with E-state index in [9.17, 15) is 9.59 Å². The van der Waals surface area contributed by atoms with Gasteiger partial charge in [-0.2, -0.15) is 0 Å². The number of anilines is 1. The maximum absolute atomic E-state index is 12.9. The van der Waals surface area contributed by atoms with Crippen molar-refractivity contribution in [2.24, 2.45) is 0 Å². The summed E-state index contributed by atoms with van der Waals surface area (Å²) < 4.78 is 1.46. The Kier molecular flexibility index (Phi) is 3.80. The van der Waals surface area contributed by atoms with E-state index < -0.39 is 6.04 Å². The average Bonchev–Trinajstić information content (AvgIpc) is 3.05. The van der Waals surface area contributed by atoms with Crippen molar-refractivity contribution in [3.05, 3.63) is 48.0 Å². The van der Waals surface area contributed by atoms with E-state index in [1.165, 1.54) is 11.0 Å². The number of carbonyl (C=O) groups excluding carboxylic acids is 2. The molecule has 2 aliphatic rings. The maximum Gasteiger partial charge on any atom is 0.265 e. The molecule has 4 rings (SSSR count). The average molecular weight is 324 g/mol. The molecule has 0 saturated heterocycles. The number of amides is 1. The van der Waals surface area contributed by atoms with Gasteiger partial charge in [0.1, 0.15) is 5.82 Å². The minimum Gasteiger partial charge on any atom is -0.367 e. The number of benzene rings is 1. The fourth-order valence-corrected chi connectivity index (χ4v) is 3.56. The van der Waals surface area contributed by atoms with Crippen molar-refractivity contribution in [1.82, 2.24) is 14.9 Å². The van der Waals surface area contributed by atoms with E-state index in [1.807, 2.05) is 18.2 Å². The molecule has 6 nitrogen and oxygen atoms in total. The molecule has 1 saturated carbocycles. The summed E-state index contributed by atoms with van der Waals surface area (Å²) in [5.41, 5.74) is 1.21. The Morgan fingerprint density at radius 3 is 2.83 bits per heavy atom. The van der Waals surface area contributed by atoms with Gasteiger partial charge in [-0.3, -0.25) is 14.2 Å². The summed E-state index contributed by atoms with van der Waals surface area (Å²) in [5.74, 6) is 0.141. The highest BCUT2D eigenvalue weighted by Crippen LogP contribution is 2.28. The lowest BCUT2D eigenvalue weighted by atomic mass is 9.95. The standard InChI is InChI=1S/C18H20N4O2/c23-17(20-12-6-2-1-3-7-12)15-16-19-10-11-22(16)18(24)13-8-4-5-9-14(13)21-15/h4-5,8-12,15,21H,1-3,6-7H2,(H,20,23). The van der Waals surface area contributed by atoms with Crippen LogP contribution in [0.25, 0.3) is 0 Å². The molecule has 1 aliphatic carbocycles. The van der Waals surface area contributed by atoms with Gasteiger partial charge in [0.2, 0.25) is 0 Å². The predicted molar refractivity (Wildman–Crippen MR) is 89.8 cm³/mol. The van der Waals surface area contributed by atoms with E-state index in [2.05, 4.69) is 15.6 Å². The number of hydrogen-bond acceptors (Lipinski definition) is 4. The van der Waals surface area contributed by atoms with Crippen LogP contribution in [-0.2, 0) is 4.79 Å². The van der Waals surface area contributed by atoms with Crippen molar-refractivity contribution in [2.75, 3.05) is 5.32 Å². The van der Waals surface area contributed by atoms with E-state index in [1.54, 1.807) is 18.5 Å². The molecule has 2 aromatic rings. The third kappa shape index (κ3) is 2.58. The topological polar surface area (TPSA) is 76.0 Å². The van der Waals surface area contributed by atoms with Gasteiger partial charge in [-0.1, -0.05) is 31.4 Å². The molecule has 1 aliphatic heterocycles. The van der Waals surface area contributed by atoms with E-state index in [-0.39, 0.29) is 17.9 Å². The number of aromatic nitrogens is 2. The second kappa shape index (κ2) is 6.11. The lowest BCUT2D eigenvalue weighted by Crippen LogP contribution is -2.41. The van der Waals surface area contributed by atoms with Gasteiger partial charge in [-0.15, -0.1) is 0 Å². The summed E-state index contributed by atoms with van der Waals surface area (Å²) in [6, 6.07) is 6.79. The monoisotopic (exact) mass is 324 g/mol. The zero-order valence-electron chi connectivity index (χ0n) is 13.4. The maximum atomic E-state index is 12.9. The van der Waals surface area contributed by atoms with Gasteiger partial charge in [-0.25, -0.2) is 4.98 Å². The fraction of sp³-hybridized carbons (Fsp3) is 0.389. The van der Waals surface area contributed by atoms with Crippen molar-refractivity contribution in [3.8, 4) is 0 Å². The zero-order valence-corrected chi connectivity index (χ0v) is 13.4. The molecule has 1 fully saturated rings. The van der Waals surface area contributed by atoms with Gasteiger partial charge in [0.25, 0.3) is 11.8 Å². The van der Waals surface area contributed by atoms with Crippen molar-refractivity contribution >= 4 is 17.5 Å². The van der Waals surface area contributed by atoms with Crippen molar-refractivity contribution in [3.63, 3.8) is 0 Å². The molecule has 24 heavy (non-hydrogen) atoms. The summed E-state index contributed by atoms with van der Waals surface area (Å²) >= 11 is 0. The largest absolute Gasteiger partial charge is 0.367 e. The number of nitrogens with one attached hydrogen (secondary N) is 2. The van der Waals surface area contributed by atoms with Crippen molar-refractivity contribution in [2.45, 2.75) is 44.2 Å². The van der Waals surface area contributed by atoms with Crippen molar-refractivity contribution in [1.29, 1.82) is 0 Å². The van der Waals surface area contributed by atoms with Gasteiger partial charge in [-0.05, 0) is 25.0 Å². The predicted octanol–water partition coefficient (Wildman–Crippen LogP) is 2.49. The lowest BCUT2D eigenvalue weighted by molar-refractivity contribution is -0.123. The van der Waals surface area contributed by atoms with Crippen LogP contribution in [0.4, 0.5) is 5.69 Å². The molecule has 1 aromatic carbocycles. The quantitative estimate of drug-likeness (QED) is 0.890. The number of para-hydroxylation sites is 1. The highest BCUT2D eigenvalue weighted by molar-refractivity contribution is 6.03. The summed E-state index contributed by atoms with van der Waals surface area (Å²) in [7, 11) is 0. The Morgan fingerprint density at radius 2 is 2.00 bits per heavy atom. The Bertz CT molecular complexity index is 777. The number of fused-ring (bicyclic) bond motifs is 2. The van der Waals surface area contributed by atoms with Crippen molar-refractivity contribution < 1.29 is 9.59 Å². The van der Waals surface area contributed by atoms with Gasteiger partial charge in [0.15, 0.2) is 6.04 Å². The molecule has 0 bridgehead atoms. The summed E-state index contributed by atoms with van der Waals surface area (Å²) in [4.78, 5) is 29.8. The minimum atomic E-state index is -0.672. The van der Waals surface area contributed by atoms with Gasteiger partial charge in [0, 0.05) is 24.1 Å². The number of imidazole rings is 1. The number of carbonyl (C=O) groups is 2. The molecule has 1 unspecified atom stereocenters. The van der Waals surface area contributed by atoms with Crippen LogP contribution in [0.5, 0.6) is 0 Å². The van der Waals surface area contributed by atoms with Gasteiger partial charge >= 0.3 is 0 Å². The molecule has 0 spiro atoms. The molecule has 1 atom stereocenters. The smallest absolute Gasteiger partial charge is 0.265 e. The first-order valence-electron chi connectivity index (χ1n) is 8.48. The number of nitrogens with zero attached hydrogens (tertiary/aromatic N) is 2. The summed E-state index contributed by atoms with van der Waals surface area (Å²) in [6.45, 7) is 0. The molecule has 1 aromatic heterocycles. The van der Waals surface area contributed by atoms with E-state index >= 15 is 0 Å².